The molecule has 0 saturated heterocycles. The quantitative estimate of drug-likeness (QED) is 0.807. The van der Waals surface area contributed by atoms with Gasteiger partial charge in [0.25, 0.3) is 0 Å². The largest absolute Gasteiger partial charge is 0.376 e. The minimum Gasteiger partial charge on any atom is -0.376 e. The summed E-state index contributed by atoms with van der Waals surface area (Å²) >= 11 is 15.1. The zero-order valence-electron chi connectivity index (χ0n) is 10.3. The van der Waals surface area contributed by atoms with Gasteiger partial charge in [-0.25, -0.2) is 0 Å². The molecule has 2 aromatic rings. The average Bonchev–Trinajstić information content (AvgIpc) is 2.37. The summed E-state index contributed by atoms with van der Waals surface area (Å²) in [4.78, 5) is 11.8. The van der Waals surface area contributed by atoms with E-state index in [-0.39, 0.29) is 12.5 Å². The van der Waals surface area contributed by atoms with Crippen molar-refractivity contribution in [1.82, 2.24) is 0 Å². The van der Waals surface area contributed by atoms with E-state index in [4.69, 9.17) is 23.2 Å². The van der Waals surface area contributed by atoms with E-state index >= 15 is 0 Å². The number of benzene rings is 2. The minimum absolute atomic E-state index is 0.158. The van der Waals surface area contributed by atoms with Gasteiger partial charge in [0.1, 0.15) is 0 Å². The molecule has 0 aliphatic carbocycles. The second-order valence-electron chi connectivity index (χ2n) is 4.07. The van der Waals surface area contributed by atoms with Crippen LogP contribution < -0.4 is 10.6 Å². The standard InChI is InChI=1S/C14H11BrCl2N2O/c15-9-1-3-12(4-2-9)18-8-14(20)19-13-6-10(16)5-11(17)7-13/h1-7,18H,8H2,(H,19,20). The molecule has 0 spiro atoms. The molecule has 0 unspecified atom stereocenters. The Balaban J connectivity index is 1.90. The van der Waals surface area contributed by atoms with Gasteiger partial charge < -0.3 is 10.6 Å². The maximum atomic E-state index is 11.8. The molecular weight excluding hydrogens is 363 g/mol. The van der Waals surface area contributed by atoms with Crippen LogP contribution in [0.25, 0.3) is 0 Å². The molecule has 6 heteroatoms. The van der Waals surface area contributed by atoms with Gasteiger partial charge in [0, 0.05) is 25.9 Å². The van der Waals surface area contributed by atoms with Crippen molar-refractivity contribution in [2.75, 3.05) is 17.2 Å². The molecule has 3 nitrogen and oxygen atoms in total. The van der Waals surface area contributed by atoms with Crippen LogP contribution in [-0.4, -0.2) is 12.5 Å². The summed E-state index contributed by atoms with van der Waals surface area (Å²) in [6, 6.07) is 12.5. The highest BCUT2D eigenvalue weighted by atomic mass is 79.9. The van der Waals surface area contributed by atoms with Crippen LogP contribution in [0.3, 0.4) is 0 Å². The first-order chi connectivity index (χ1) is 9.52. The molecule has 0 aromatic heterocycles. The van der Waals surface area contributed by atoms with Gasteiger partial charge in [-0.1, -0.05) is 39.1 Å². The van der Waals surface area contributed by atoms with Crippen LogP contribution in [0.15, 0.2) is 46.9 Å². The van der Waals surface area contributed by atoms with Crippen molar-refractivity contribution >= 4 is 56.4 Å². The number of hydrogen-bond donors (Lipinski definition) is 2. The highest BCUT2D eigenvalue weighted by molar-refractivity contribution is 9.10. The Hall–Kier alpha value is -1.23. The van der Waals surface area contributed by atoms with Crippen LogP contribution in [0.4, 0.5) is 11.4 Å². The Kier molecular flexibility index (Phi) is 5.29. The molecule has 0 radical (unpaired) electrons. The minimum atomic E-state index is -0.175. The van der Waals surface area contributed by atoms with E-state index in [2.05, 4.69) is 26.6 Å². The summed E-state index contributed by atoms with van der Waals surface area (Å²) in [6.07, 6.45) is 0. The maximum Gasteiger partial charge on any atom is 0.243 e. The normalized spacial score (nSPS) is 10.2. The van der Waals surface area contributed by atoms with Gasteiger partial charge in [0.2, 0.25) is 5.91 Å². The molecule has 0 bridgehead atoms. The summed E-state index contributed by atoms with van der Waals surface area (Å²) in [7, 11) is 0. The highest BCUT2D eigenvalue weighted by Gasteiger charge is 2.04. The SMILES string of the molecule is O=C(CNc1ccc(Br)cc1)Nc1cc(Cl)cc(Cl)c1. The lowest BCUT2D eigenvalue weighted by Crippen LogP contribution is -2.21. The van der Waals surface area contributed by atoms with E-state index in [9.17, 15) is 4.79 Å². The van der Waals surface area contributed by atoms with Crippen molar-refractivity contribution < 1.29 is 4.79 Å². The highest BCUT2D eigenvalue weighted by Crippen LogP contribution is 2.22. The molecule has 1 amide bonds. The zero-order chi connectivity index (χ0) is 14.5. The predicted molar refractivity (Wildman–Crippen MR) is 87.7 cm³/mol. The summed E-state index contributed by atoms with van der Waals surface area (Å²) < 4.78 is 0.987. The van der Waals surface area contributed by atoms with E-state index in [1.54, 1.807) is 18.2 Å². The Morgan fingerprint density at radius 2 is 1.60 bits per heavy atom. The Labute approximate surface area is 135 Å². The van der Waals surface area contributed by atoms with Crippen LogP contribution in [0.1, 0.15) is 0 Å². The van der Waals surface area contributed by atoms with Crippen molar-refractivity contribution in [3.63, 3.8) is 0 Å². The summed E-state index contributed by atoms with van der Waals surface area (Å²) in [5.41, 5.74) is 1.44. The number of anilines is 2. The van der Waals surface area contributed by atoms with Crippen LogP contribution in [0, 0.1) is 0 Å². The lowest BCUT2D eigenvalue weighted by atomic mass is 10.3. The Bertz CT molecular complexity index is 597. The maximum absolute atomic E-state index is 11.8. The van der Waals surface area contributed by atoms with Crippen molar-refractivity contribution in [3.05, 3.63) is 57.0 Å². The van der Waals surface area contributed by atoms with E-state index < -0.39 is 0 Å². The van der Waals surface area contributed by atoms with Crippen molar-refractivity contribution in [1.29, 1.82) is 0 Å². The fraction of sp³-hybridized carbons (Fsp3) is 0.0714. The van der Waals surface area contributed by atoms with Gasteiger partial charge in [-0.2, -0.15) is 0 Å². The van der Waals surface area contributed by atoms with Crippen LogP contribution in [0.5, 0.6) is 0 Å². The fourth-order valence-corrected chi connectivity index (χ4v) is 2.37. The third-order valence-electron chi connectivity index (χ3n) is 2.44. The smallest absolute Gasteiger partial charge is 0.243 e. The third kappa shape index (κ3) is 4.71. The molecule has 2 aromatic carbocycles. The monoisotopic (exact) mass is 372 g/mol. The predicted octanol–water partition coefficient (Wildman–Crippen LogP) is 4.81. The van der Waals surface area contributed by atoms with Crippen LogP contribution in [-0.2, 0) is 4.79 Å². The Morgan fingerprint density at radius 1 is 1.00 bits per heavy atom. The molecule has 0 atom stereocenters. The van der Waals surface area contributed by atoms with E-state index in [0.29, 0.717) is 15.7 Å². The van der Waals surface area contributed by atoms with Crippen molar-refractivity contribution in [3.8, 4) is 0 Å². The first-order valence-corrected chi connectivity index (χ1v) is 7.33. The van der Waals surface area contributed by atoms with Gasteiger partial charge in [0.15, 0.2) is 0 Å². The van der Waals surface area contributed by atoms with Crippen LogP contribution >= 0.6 is 39.1 Å². The van der Waals surface area contributed by atoms with Gasteiger partial charge >= 0.3 is 0 Å². The zero-order valence-corrected chi connectivity index (χ0v) is 13.4. The first kappa shape index (κ1) is 15.2. The summed E-state index contributed by atoms with van der Waals surface area (Å²) in [5, 5.41) is 6.71. The molecule has 0 aliphatic rings. The van der Waals surface area contributed by atoms with Crippen LogP contribution in [0.2, 0.25) is 10.0 Å². The molecule has 0 heterocycles. The molecule has 104 valence electrons. The Morgan fingerprint density at radius 3 is 2.20 bits per heavy atom. The number of halogens is 3. The van der Waals surface area contributed by atoms with Gasteiger partial charge in [-0.15, -0.1) is 0 Å². The molecule has 0 saturated carbocycles. The number of carbonyl (C=O) groups is 1. The second kappa shape index (κ2) is 6.97. The van der Waals surface area contributed by atoms with E-state index in [1.165, 1.54) is 0 Å². The molecule has 0 aliphatic heterocycles. The van der Waals surface area contributed by atoms with Crippen molar-refractivity contribution in [2.45, 2.75) is 0 Å². The number of amides is 1. The molecule has 2 N–H and O–H groups in total. The number of rotatable bonds is 4. The molecular formula is C14H11BrCl2N2O. The third-order valence-corrected chi connectivity index (χ3v) is 3.41. The van der Waals surface area contributed by atoms with Crippen molar-refractivity contribution in [2.24, 2.45) is 0 Å². The topological polar surface area (TPSA) is 41.1 Å². The average molecular weight is 374 g/mol. The number of nitrogens with one attached hydrogen (secondary N) is 2. The lowest BCUT2D eigenvalue weighted by molar-refractivity contribution is -0.114. The second-order valence-corrected chi connectivity index (χ2v) is 5.86. The lowest BCUT2D eigenvalue weighted by Gasteiger charge is -2.08. The summed E-state index contributed by atoms with van der Waals surface area (Å²) in [6.45, 7) is 0.158. The molecule has 0 fully saturated rings. The van der Waals surface area contributed by atoms with Gasteiger partial charge in [-0.05, 0) is 42.5 Å². The summed E-state index contributed by atoms with van der Waals surface area (Å²) in [5.74, 6) is -0.175. The number of carbonyl (C=O) groups excluding carboxylic acids is 1. The van der Waals surface area contributed by atoms with E-state index in [1.807, 2.05) is 24.3 Å². The molecule has 20 heavy (non-hydrogen) atoms. The van der Waals surface area contributed by atoms with E-state index in [0.717, 1.165) is 10.2 Å². The first-order valence-electron chi connectivity index (χ1n) is 5.78. The fourth-order valence-electron chi connectivity index (χ4n) is 1.58. The molecule has 2 rings (SSSR count). The van der Waals surface area contributed by atoms with Gasteiger partial charge in [0.05, 0.1) is 6.54 Å². The number of hydrogen-bond acceptors (Lipinski definition) is 2. The van der Waals surface area contributed by atoms with Gasteiger partial charge in [-0.3, -0.25) is 4.79 Å².